The molecule has 2 amide bonds. The van der Waals surface area contributed by atoms with Crippen LogP contribution in [0.3, 0.4) is 0 Å². The summed E-state index contributed by atoms with van der Waals surface area (Å²) >= 11 is 3.28. The van der Waals surface area contributed by atoms with Crippen LogP contribution in [0.4, 0.5) is 5.69 Å². The molecule has 24 heavy (non-hydrogen) atoms. The lowest BCUT2D eigenvalue weighted by Gasteiger charge is -2.14. The van der Waals surface area contributed by atoms with Crippen molar-refractivity contribution in [1.82, 2.24) is 0 Å². The maximum atomic E-state index is 12.8. The summed E-state index contributed by atoms with van der Waals surface area (Å²) in [6, 6.07) is 18.5. The number of imide groups is 1. The van der Waals surface area contributed by atoms with Crippen LogP contribution in [0, 0.1) is 0 Å². The molecule has 0 aliphatic carbocycles. The second-order valence-electron chi connectivity index (χ2n) is 5.29. The minimum atomic E-state index is -0.405. The Kier molecular flexibility index (Phi) is 5.11. The molecule has 0 bridgehead atoms. The van der Waals surface area contributed by atoms with Gasteiger partial charge in [-0.05, 0) is 17.7 Å². The summed E-state index contributed by atoms with van der Waals surface area (Å²) in [6.07, 6.45) is 0.367. The summed E-state index contributed by atoms with van der Waals surface area (Å²) in [5, 5.41) is 0.585. The van der Waals surface area contributed by atoms with Crippen LogP contribution < -0.4 is 4.90 Å². The number of para-hydroxylation sites is 1. The Labute approximate surface area is 148 Å². The summed E-state index contributed by atoms with van der Waals surface area (Å²) in [6.45, 7) is 0.329. The number of amides is 2. The minimum absolute atomic E-state index is 0.146. The summed E-state index contributed by atoms with van der Waals surface area (Å²) in [5.41, 5.74) is 1.91. The Balaban J connectivity index is 1.96. The Morgan fingerprint density at radius 1 is 0.875 bits per heavy atom. The molecule has 0 saturated carbocycles. The average Bonchev–Trinajstić information content (AvgIpc) is 2.85. The van der Waals surface area contributed by atoms with Crippen molar-refractivity contribution in [2.24, 2.45) is 0 Å². The van der Waals surface area contributed by atoms with E-state index >= 15 is 0 Å². The zero-order valence-corrected chi connectivity index (χ0v) is 14.5. The first kappa shape index (κ1) is 16.5. The van der Waals surface area contributed by atoms with E-state index in [4.69, 9.17) is 4.74 Å². The molecular weight excluding hydrogens is 370 g/mol. The first-order chi connectivity index (χ1) is 11.7. The van der Waals surface area contributed by atoms with Crippen LogP contribution in [-0.2, 0) is 20.7 Å². The zero-order chi connectivity index (χ0) is 16.9. The molecule has 4 nitrogen and oxygen atoms in total. The minimum Gasteiger partial charge on any atom is -0.487 e. The van der Waals surface area contributed by atoms with Gasteiger partial charge in [0.05, 0.1) is 17.9 Å². The smallest absolute Gasteiger partial charge is 0.300 e. The van der Waals surface area contributed by atoms with Crippen LogP contribution in [-0.4, -0.2) is 23.8 Å². The molecule has 3 rings (SSSR count). The third kappa shape index (κ3) is 3.26. The second-order valence-corrected chi connectivity index (χ2v) is 6.08. The van der Waals surface area contributed by atoms with Gasteiger partial charge in [0.2, 0.25) is 0 Å². The first-order valence-corrected chi connectivity index (χ1v) is 8.74. The fourth-order valence-electron chi connectivity index (χ4n) is 2.61. The highest BCUT2D eigenvalue weighted by atomic mass is 79.9. The van der Waals surface area contributed by atoms with Gasteiger partial charge < -0.3 is 4.74 Å². The van der Waals surface area contributed by atoms with Crippen molar-refractivity contribution in [1.29, 1.82) is 0 Å². The lowest BCUT2D eigenvalue weighted by atomic mass is 10.0. The van der Waals surface area contributed by atoms with Crippen molar-refractivity contribution >= 4 is 33.4 Å². The summed E-state index contributed by atoms with van der Waals surface area (Å²) in [5.74, 6) is -0.579. The lowest BCUT2D eigenvalue weighted by Crippen LogP contribution is -2.32. The van der Waals surface area contributed by atoms with Crippen LogP contribution in [0.25, 0.3) is 0 Å². The van der Waals surface area contributed by atoms with E-state index in [1.165, 1.54) is 4.90 Å². The summed E-state index contributed by atoms with van der Waals surface area (Å²) in [7, 11) is 0. The highest BCUT2D eigenvalue weighted by Crippen LogP contribution is 2.29. The third-order valence-electron chi connectivity index (χ3n) is 3.69. The zero-order valence-electron chi connectivity index (χ0n) is 12.9. The van der Waals surface area contributed by atoms with Crippen LogP contribution in [0.5, 0.6) is 0 Å². The van der Waals surface area contributed by atoms with Crippen LogP contribution in [0.1, 0.15) is 5.56 Å². The maximum absolute atomic E-state index is 12.8. The number of nitrogens with zero attached hydrogens (tertiary/aromatic N) is 1. The number of carbonyl (C=O) groups excluding carboxylic acids is 2. The molecule has 2 aromatic rings. The van der Waals surface area contributed by atoms with Crippen molar-refractivity contribution in [2.45, 2.75) is 6.42 Å². The normalized spacial score (nSPS) is 14.5. The van der Waals surface area contributed by atoms with Gasteiger partial charge >= 0.3 is 5.91 Å². The van der Waals surface area contributed by atoms with Gasteiger partial charge in [-0.15, -0.1) is 0 Å². The van der Waals surface area contributed by atoms with Gasteiger partial charge in [0.15, 0.2) is 5.76 Å². The molecule has 0 atom stereocenters. The molecule has 0 N–H and O–H groups in total. The highest BCUT2D eigenvalue weighted by molar-refractivity contribution is 9.09. The Morgan fingerprint density at radius 3 is 2.12 bits per heavy atom. The van der Waals surface area contributed by atoms with E-state index in [1.54, 1.807) is 24.3 Å². The second kappa shape index (κ2) is 7.45. The predicted octanol–water partition coefficient (Wildman–Crippen LogP) is 3.47. The van der Waals surface area contributed by atoms with Gasteiger partial charge in [-0.3, -0.25) is 9.59 Å². The van der Waals surface area contributed by atoms with Gasteiger partial charge in [-0.25, -0.2) is 4.90 Å². The monoisotopic (exact) mass is 385 g/mol. The Morgan fingerprint density at radius 2 is 1.50 bits per heavy atom. The molecule has 2 aromatic carbocycles. The molecule has 1 heterocycles. The van der Waals surface area contributed by atoms with Crippen molar-refractivity contribution in [2.75, 3.05) is 16.8 Å². The SMILES string of the molecule is O=C1C(Cc2ccccc2)=C(OCCBr)C(=O)N1c1ccccc1. The topological polar surface area (TPSA) is 46.6 Å². The summed E-state index contributed by atoms with van der Waals surface area (Å²) in [4.78, 5) is 26.8. The van der Waals surface area contributed by atoms with Crippen molar-refractivity contribution < 1.29 is 14.3 Å². The molecule has 0 unspecified atom stereocenters. The van der Waals surface area contributed by atoms with Crippen LogP contribution in [0.2, 0.25) is 0 Å². The number of ether oxygens (including phenoxy) is 1. The number of hydrogen-bond acceptors (Lipinski definition) is 3. The molecule has 0 saturated heterocycles. The fraction of sp³-hybridized carbons (Fsp3) is 0.158. The third-order valence-corrected chi connectivity index (χ3v) is 4.02. The maximum Gasteiger partial charge on any atom is 0.300 e. The number of anilines is 1. The number of alkyl halides is 1. The molecule has 0 fully saturated rings. The predicted molar refractivity (Wildman–Crippen MR) is 95.9 cm³/mol. The molecule has 1 aliphatic rings. The van der Waals surface area contributed by atoms with E-state index in [2.05, 4.69) is 15.9 Å². The van der Waals surface area contributed by atoms with Gasteiger partial charge in [-0.2, -0.15) is 0 Å². The Bertz CT molecular complexity index is 772. The molecular formula is C19H16BrNO3. The van der Waals surface area contributed by atoms with Gasteiger partial charge in [0.25, 0.3) is 5.91 Å². The van der Waals surface area contributed by atoms with Crippen molar-refractivity contribution in [3.8, 4) is 0 Å². The van der Waals surface area contributed by atoms with E-state index in [-0.39, 0.29) is 11.7 Å². The highest BCUT2D eigenvalue weighted by Gasteiger charge is 2.40. The molecule has 5 heteroatoms. The molecule has 122 valence electrons. The number of carbonyl (C=O) groups is 2. The standard InChI is InChI=1S/C19H16BrNO3/c20-11-12-24-17-16(13-14-7-3-1-4-8-14)18(22)21(19(17)23)15-9-5-2-6-10-15/h1-10H,11-13H2. The number of benzene rings is 2. The van der Waals surface area contributed by atoms with Crippen molar-refractivity contribution in [3.05, 3.63) is 77.6 Å². The first-order valence-electron chi connectivity index (χ1n) is 7.62. The van der Waals surface area contributed by atoms with E-state index in [9.17, 15) is 9.59 Å². The summed E-state index contributed by atoms with van der Waals surface area (Å²) < 4.78 is 5.59. The van der Waals surface area contributed by atoms with E-state index in [0.29, 0.717) is 29.6 Å². The number of halogens is 1. The fourth-order valence-corrected chi connectivity index (χ4v) is 2.77. The van der Waals surface area contributed by atoms with Crippen LogP contribution in [0.15, 0.2) is 72.0 Å². The average molecular weight is 386 g/mol. The number of rotatable bonds is 6. The molecule has 1 aliphatic heterocycles. The van der Waals surface area contributed by atoms with E-state index < -0.39 is 5.91 Å². The van der Waals surface area contributed by atoms with Crippen LogP contribution >= 0.6 is 15.9 Å². The van der Waals surface area contributed by atoms with Crippen molar-refractivity contribution in [3.63, 3.8) is 0 Å². The van der Waals surface area contributed by atoms with E-state index in [0.717, 1.165) is 5.56 Å². The van der Waals surface area contributed by atoms with Gasteiger partial charge in [0, 0.05) is 11.8 Å². The lowest BCUT2D eigenvalue weighted by molar-refractivity contribution is -0.121. The molecule has 0 aromatic heterocycles. The largest absolute Gasteiger partial charge is 0.487 e. The van der Waals surface area contributed by atoms with Gasteiger partial charge in [0.1, 0.15) is 0 Å². The molecule has 0 spiro atoms. The number of hydrogen-bond donors (Lipinski definition) is 0. The van der Waals surface area contributed by atoms with Gasteiger partial charge in [-0.1, -0.05) is 64.5 Å². The Hall–Kier alpha value is -2.40. The van der Waals surface area contributed by atoms with E-state index in [1.807, 2.05) is 36.4 Å². The quantitative estimate of drug-likeness (QED) is 0.564. The molecule has 0 radical (unpaired) electrons.